The average molecular weight is 265 g/mol. The molecule has 10 heteroatoms. The summed E-state index contributed by atoms with van der Waals surface area (Å²) in [6.07, 6.45) is -7.97. The molecule has 100 valence electrons. The van der Waals surface area contributed by atoms with Crippen molar-refractivity contribution in [3.8, 4) is 0 Å². The van der Waals surface area contributed by atoms with Crippen molar-refractivity contribution in [3.05, 3.63) is 0 Å². The Kier molecular flexibility index (Phi) is 4.41. The highest BCUT2D eigenvalue weighted by Gasteiger charge is 2.63. The molecule has 0 radical (unpaired) electrons. The highest BCUT2D eigenvalue weighted by molar-refractivity contribution is 5.88. The lowest BCUT2D eigenvalue weighted by Crippen LogP contribution is -2.57. The lowest BCUT2D eigenvalue weighted by molar-refractivity contribution is -0.270. The van der Waals surface area contributed by atoms with Crippen molar-refractivity contribution in [2.24, 2.45) is 0 Å². The van der Waals surface area contributed by atoms with E-state index in [9.17, 15) is 31.5 Å². The average Bonchev–Trinajstić information content (AvgIpc) is 2.10. The van der Waals surface area contributed by atoms with Gasteiger partial charge < -0.3 is 15.5 Å². The zero-order valence-electron chi connectivity index (χ0n) is 8.26. The number of carbonyl (C=O) groups is 2. The fourth-order valence-corrected chi connectivity index (χ4v) is 0.749. The number of nitrogens with one attached hydrogen (secondary N) is 1. The maximum absolute atomic E-state index is 12.4. The van der Waals surface area contributed by atoms with Crippen LogP contribution in [-0.4, -0.2) is 46.3 Å². The van der Waals surface area contributed by atoms with E-state index in [4.69, 9.17) is 10.2 Å². The number of aliphatic hydroxyl groups excluding tert-OH is 1. The number of aliphatic hydroxyl groups is 1. The Morgan fingerprint density at radius 3 is 1.82 bits per heavy atom. The number of alkyl halides is 5. The Labute approximate surface area is 91.2 Å². The van der Waals surface area contributed by atoms with Crippen LogP contribution in [0.5, 0.6) is 0 Å². The van der Waals surface area contributed by atoms with E-state index in [1.807, 2.05) is 0 Å². The first-order chi connectivity index (χ1) is 7.41. The second kappa shape index (κ2) is 4.82. The van der Waals surface area contributed by atoms with Gasteiger partial charge in [-0.05, 0) is 6.92 Å². The topological polar surface area (TPSA) is 86.6 Å². The summed E-state index contributed by atoms with van der Waals surface area (Å²) >= 11 is 0. The van der Waals surface area contributed by atoms with Crippen LogP contribution in [0.2, 0.25) is 0 Å². The summed E-state index contributed by atoms with van der Waals surface area (Å²) in [5.41, 5.74) is 0. The molecule has 0 spiro atoms. The minimum Gasteiger partial charge on any atom is -0.480 e. The van der Waals surface area contributed by atoms with Gasteiger partial charge in [-0.3, -0.25) is 4.79 Å². The molecule has 1 amide bonds. The molecule has 0 heterocycles. The maximum Gasteiger partial charge on any atom is 0.463 e. The third-order valence-corrected chi connectivity index (χ3v) is 1.68. The van der Waals surface area contributed by atoms with Gasteiger partial charge in [0.2, 0.25) is 0 Å². The van der Waals surface area contributed by atoms with Crippen LogP contribution in [0, 0.1) is 0 Å². The molecule has 0 aromatic heterocycles. The number of amides is 1. The summed E-state index contributed by atoms with van der Waals surface area (Å²) in [5, 5.41) is 18.0. The normalized spacial score (nSPS) is 16.2. The quantitative estimate of drug-likeness (QED) is 0.631. The predicted octanol–water partition coefficient (Wildman–Crippen LogP) is 0.134. The monoisotopic (exact) mass is 265 g/mol. The van der Waals surface area contributed by atoms with Gasteiger partial charge >= 0.3 is 24.0 Å². The number of carboxylic acids is 1. The summed E-state index contributed by atoms with van der Waals surface area (Å²) in [6.45, 7) is 0.810. The molecule has 0 saturated carbocycles. The van der Waals surface area contributed by atoms with Crippen molar-refractivity contribution in [2.75, 3.05) is 0 Å². The van der Waals surface area contributed by atoms with Gasteiger partial charge in [0.05, 0.1) is 6.10 Å². The van der Waals surface area contributed by atoms with Gasteiger partial charge in [-0.2, -0.15) is 22.0 Å². The van der Waals surface area contributed by atoms with Gasteiger partial charge in [-0.15, -0.1) is 0 Å². The van der Waals surface area contributed by atoms with E-state index in [1.54, 1.807) is 0 Å². The first-order valence-electron chi connectivity index (χ1n) is 4.07. The summed E-state index contributed by atoms with van der Waals surface area (Å²) in [5.74, 6) is -10.5. The van der Waals surface area contributed by atoms with Crippen LogP contribution in [-0.2, 0) is 9.59 Å². The summed E-state index contributed by atoms with van der Waals surface area (Å²) in [4.78, 5) is 20.9. The molecule has 0 saturated heterocycles. The fraction of sp³-hybridized carbons (Fsp3) is 0.714. The molecule has 0 aromatic carbocycles. The smallest absolute Gasteiger partial charge is 0.463 e. The molecule has 0 aliphatic rings. The number of carbonyl (C=O) groups excluding carboxylic acids is 1. The van der Waals surface area contributed by atoms with Crippen LogP contribution in [0.1, 0.15) is 6.92 Å². The van der Waals surface area contributed by atoms with E-state index in [2.05, 4.69) is 0 Å². The van der Waals surface area contributed by atoms with E-state index in [0.717, 1.165) is 12.2 Å². The van der Waals surface area contributed by atoms with Crippen LogP contribution in [0.3, 0.4) is 0 Å². The Balaban J connectivity index is 4.92. The minimum atomic E-state index is -6.14. The molecule has 0 aliphatic heterocycles. The molecule has 0 rings (SSSR count). The van der Waals surface area contributed by atoms with Crippen LogP contribution >= 0.6 is 0 Å². The van der Waals surface area contributed by atoms with E-state index < -0.39 is 36.1 Å². The van der Waals surface area contributed by atoms with Crippen molar-refractivity contribution < 1.29 is 41.8 Å². The molecule has 3 N–H and O–H groups in total. The molecular formula is C7H8F5NO4. The minimum absolute atomic E-state index is 0.810. The zero-order chi connectivity index (χ0) is 14.0. The second-order valence-corrected chi connectivity index (χ2v) is 3.10. The van der Waals surface area contributed by atoms with Gasteiger partial charge in [0.1, 0.15) is 0 Å². The number of hydrogen-bond donors (Lipinski definition) is 3. The molecule has 2 atom stereocenters. The highest BCUT2D eigenvalue weighted by Crippen LogP contribution is 2.35. The molecule has 5 nitrogen and oxygen atoms in total. The van der Waals surface area contributed by atoms with Crippen molar-refractivity contribution in [1.29, 1.82) is 0 Å². The molecule has 0 bridgehead atoms. The molecule has 0 aromatic rings. The highest BCUT2D eigenvalue weighted by atomic mass is 19.4. The molecular weight excluding hydrogens is 257 g/mol. The van der Waals surface area contributed by atoms with Gasteiger partial charge in [0, 0.05) is 0 Å². The number of carboxylic acid groups (broad SMARTS) is 1. The summed E-state index contributed by atoms with van der Waals surface area (Å²) < 4.78 is 59.9. The van der Waals surface area contributed by atoms with Crippen molar-refractivity contribution in [1.82, 2.24) is 5.32 Å². The zero-order valence-corrected chi connectivity index (χ0v) is 8.26. The van der Waals surface area contributed by atoms with Crippen LogP contribution in [0.4, 0.5) is 22.0 Å². The lowest BCUT2D eigenvalue weighted by atomic mass is 10.1. The Morgan fingerprint density at radius 2 is 1.59 bits per heavy atom. The first kappa shape index (κ1) is 15.6. The van der Waals surface area contributed by atoms with Crippen molar-refractivity contribution >= 4 is 11.9 Å². The first-order valence-corrected chi connectivity index (χ1v) is 4.07. The number of aliphatic carboxylic acids is 1. The maximum atomic E-state index is 12.4. The molecule has 0 fully saturated rings. The van der Waals surface area contributed by atoms with E-state index in [1.165, 1.54) is 0 Å². The summed E-state index contributed by atoms with van der Waals surface area (Å²) in [6, 6.07) is -2.25. The van der Waals surface area contributed by atoms with Gasteiger partial charge in [0.15, 0.2) is 6.04 Å². The summed E-state index contributed by atoms with van der Waals surface area (Å²) in [7, 11) is 0. The van der Waals surface area contributed by atoms with Crippen molar-refractivity contribution in [3.63, 3.8) is 0 Å². The van der Waals surface area contributed by atoms with Gasteiger partial charge in [-0.25, -0.2) is 4.79 Å². The Bertz CT molecular complexity index is 314. The van der Waals surface area contributed by atoms with Gasteiger partial charge in [-0.1, -0.05) is 0 Å². The Hall–Kier alpha value is -1.45. The number of halogens is 5. The largest absolute Gasteiger partial charge is 0.480 e. The standard InChI is InChI=1S/C7H8F5NO4/c1-2(14)3(4(15)16)13-5(17)6(8,9)7(10,11)12/h2-3,14H,1H3,(H,13,17)(H,15,16). The van der Waals surface area contributed by atoms with Crippen LogP contribution in [0.25, 0.3) is 0 Å². The fourth-order valence-electron chi connectivity index (χ4n) is 0.749. The number of rotatable bonds is 4. The Morgan fingerprint density at radius 1 is 1.18 bits per heavy atom. The van der Waals surface area contributed by atoms with Crippen LogP contribution < -0.4 is 5.32 Å². The molecule has 17 heavy (non-hydrogen) atoms. The molecule has 2 unspecified atom stereocenters. The van der Waals surface area contributed by atoms with E-state index in [-0.39, 0.29) is 0 Å². The van der Waals surface area contributed by atoms with E-state index in [0.29, 0.717) is 0 Å². The molecule has 0 aliphatic carbocycles. The third kappa shape index (κ3) is 3.51. The second-order valence-electron chi connectivity index (χ2n) is 3.10. The third-order valence-electron chi connectivity index (χ3n) is 1.68. The predicted molar refractivity (Wildman–Crippen MR) is 42.2 cm³/mol. The van der Waals surface area contributed by atoms with Crippen LogP contribution in [0.15, 0.2) is 0 Å². The van der Waals surface area contributed by atoms with Crippen molar-refractivity contribution in [2.45, 2.75) is 31.2 Å². The van der Waals surface area contributed by atoms with E-state index >= 15 is 0 Å². The van der Waals surface area contributed by atoms with Gasteiger partial charge in [0.25, 0.3) is 0 Å². The lowest BCUT2D eigenvalue weighted by Gasteiger charge is -2.22. The number of hydrogen-bond acceptors (Lipinski definition) is 3. The SMILES string of the molecule is CC(O)C(NC(=O)C(F)(F)C(F)(F)F)C(=O)O.